The number of carbonyl (C=O) groups is 1. The van der Waals surface area contributed by atoms with E-state index in [1.807, 2.05) is 18.2 Å². The second kappa shape index (κ2) is 7.72. The number of nitrogens with one attached hydrogen (secondary N) is 1. The van der Waals surface area contributed by atoms with E-state index in [1.165, 1.54) is 10.8 Å². The van der Waals surface area contributed by atoms with Crippen molar-refractivity contribution in [2.45, 2.75) is 12.8 Å². The van der Waals surface area contributed by atoms with Crippen LogP contribution in [0.15, 0.2) is 41.5 Å². The lowest BCUT2D eigenvalue weighted by Crippen LogP contribution is -2.25. The summed E-state index contributed by atoms with van der Waals surface area (Å²) in [6, 6.07) is 7.24. The molecule has 7 nitrogen and oxygen atoms in total. The van der Waals surface area contributed by atoms with Crippen LogP contribution >= 0.6 is 11.6 Å². The first-order valence-electron chi connectivity index (χ1n) is 8.25. The van der Waals surface area contributed by atoms with Crippen molar-refractivity contribution in [3.8, 4) is 11.3 Å². The minimum atomic E-state index is -0.354. The van der Waals surface area contributed by atoms with Gasteiger partial charge in [-0.1, -0.05) is 29.8 Å². The number of benzene rings is 1. The number of unbranched alkanes of at least 4 members (excludes halogenated alkanes) is 1. The van der Waals surface area contributed by atoms with Crippen LogP contribution < -0.4 is 10.9 Å². The molecule has 0 aliphatic carbocycles. The third kappa shape index (κ3) is 3.49. The van der Waals surface area contributed by atoms with E-state index in [0.717, 1.165) is 5.56 Å². The number of aromatic nitrogens is 3. The van der Waals surface area contributed by atoms with Crippen LogP contribution in [0.5, 0.6) is 0 Å². The van der Waals surface area contributed by atoms with Crippen LogP contribution in [0.3, 0.4) is 0 Å². The predicted molar refractivity (Wildman–Crippen MR) is 99.5 cm³/mol. The van der Waals surface area contributed by atoms with Crippen LogP contribution in [-0.4, -0.2) is 38.1 Å². The summed E-state index contributed by atoms with van der Waals surface area (Å²) in [6.07, 6.45) is 4.55. The summed E-state index contributed by atoms with van der Waals surface area (Å²) in [7, 11) is 1.64. The first kappa shape index (κ1) is 18.2. The smallest absolute Gasteiger partial charge is 0.294 e. The third-order valence-electron chi connectivity index (χ3n) is 4.10. The van der Waals surface area contributed by atoms with Gasteiger partial charge in [0.25, 0.3) is 11.5 Å². The van der Waals surface area contributed by atoms with Crippen molar-refractivity contribution in [3.05, 3.63) is 57.7 Å². The molecule has 0 aliphatic rings. The molecular weight excluding hydrogens is 356 g/mol. The van der Waals surface area contributed by atoms with Crippen LogP contribution in [0.25, 0.3) is 16.9 Å². The van der Waals surface area contributed by atoms with Crippen molar-refractivity contribution < 1.29 is 9.90 Å². The normalized spacial score (nSPS) is 11.0. The third-order valence-corrected chi connectivity index (χ3v) is 4.43. The SMILES string of the molecule is Cn1c(-c2ccccc2Cl)cn2cc(C(=O)NCCCCO)nc2c1=O. The lowest BCUT2D eigenvalue weighted by atomic mass is 10.1. The number of imidazole rings is 1. The van der Waals surface area contributed by atoms with Crippen LogP contribution in [0.1, 0.15) is 23.3 Å². The molecule has 0 unspecified atom stereocenters. The maximum atomic E-state index is 12.6. The zero-order valence-corrected chi connectivity index (χ0v) is 15.0. The Morgan fingerprint density at radius 2 is 2.04 bits per heavy atom. The van der Waals surface area contributed by atoms with Gasteiger partial charge in [0.1, 0.15) is 5.69 Å². The van der Waals surface area contributed by atoms with Gasteiger partial charge in [0, 0.05) is 43.2 Å². The Bertz CT molecular complexity index is 1010. The van der Waals surface area contributed by atoms with Crippen LogP contribution in [-0.2, 0) is 7.05 Å². The molecule has 2 heterocycles. The lowest BCUT2D eigenvalue weighted by Gasteiger charge is -2.10. The minimum absolute atomic E-state index is 0.0884. The van der Waals surface area contributed by atoms with Gasteiger partial charge in [-0.15, -0.1) is 0 Å². The summed E-state index contributed by atoms with van der Waals surface area (Å²) in [5.41, 5.74) is 1.37. The molecule has 0 saturated carbocycles. The van der Waals surface area contributed by atoms with Gasteiger partial charge in [-0.3, -0.25) is 14.0 Å². The topological polar surface area (TPSA) is 88.6 Å². The summed E-state index contributed by atoms with van der Waals surface area (Å²) < 4.78 is 3.01. The molecule has 0 fully saturated rings. The summed E-state index contributed by atoms with van der Waals surface area (Å²) in [5, 5.41) is 12.0. The van der Waals surface area contributed by atoms with E-state index in [1.54, 1.807) is 23.7 Å². The second-order valence-electron chi connectivity index (χ2n) is 5.90. The Morgan fingerprint density at radius 1 is 1.27 bits per heavy atom. The molecule has 0 bridgehead atoms. The Morgan fingerprint density at radius 3 is 2.77 bits per heavy atom. The van der Waals surface area contributed by atoms with E-state index in [4.69, 9.17) is 16.7 Å². The number of carbonyl (C=O) groups excluding carboxylic acids is 1. The molecule has 26 heavy (non-hydrogen) atoms. The number of hydrogen-bond donors (Lipinski definition) is 2. The monoisotopic (exact) mass is 374 g/mol. The average Bonchev–Trinajstić information content (AvgIpc) is 3.07. The summed E-state index contributed by atoms with van der Waals surface area (Å²) in [5.74, 6) is -0.354. The van der Waals surface area contributed by atoms with E-state index in [0.29, 0.717) is 30.1 Å². The molecule has 0 aliphatic heterocycles. The molecule has 2 N–H and O–H groups in total. The van der Waals surface area contributed by atoms with Gasteiger partial charge in [0.15, 0.2) is 0 Å². The Hall–Kier alpha value is -2.64. The van der Waals surface area contributed by atoms with E-state index in [2.05, 4.69) is 10.3 Å². The van der Waals surface area contributed by atoms with Crippen LogP contribution in [0.2, 0.25) is 5.02 Å². The maximum absolute atomic E-state index is 12.6. The van der Waals surface area contributed by atoms with Gasteiger partial charge in [-0.25, -0.2) is 4.98 Å². The number of hydrogen-bond acceptors (Lipinski definition) is 4. The van der Waals surface area contributed by atoms with Crippen molar-refractivity contribution in [1.29, 1.82) is 0 Å². The molecule has 2 aromatic heterocycles. The molecule has 1 aromatic carbocycles. The first-order chi connectivity index (χ1) is 12.5. The number of rotatable bonds is 6. The van der Waals surface area contributed by atoms with Gasteiger partial charge in [-0.05, 0) is 18.9 Å². The van der Waals surface area contributed by atoms with Gasteiger partial charge in [0.2, 0.25) is 5.65 Å². The number of nitrogens with zero attached hydrogens (tertiary/aromatic N) is 3. The van der Waals surface area contributed by atoms with Crippen LogP contribution in [0, 0.1) is 0 Å². The lowest BCUT2D eigenvalue weighted by molar-refractivity contribution is 0.0947. The molecule has 8 heteroatoms. The van der Waals surface area contributed by atoms with E-state index < -0.39 is 0 Å². The minimum Gasteiger partial charge on any atom is -0.396 e. The number of aliphatic hydroxyl groups is 1. The highest BCUT2D eigenvalue weighted by Crippen LogP contribution is 2.26. The zero-order chi connectivity index (χ0) is 18.7. The maximum Gasteiger partial charge on any atom is 0.294 e. The van der Waals surface area contributed by atoms with Crippen LogP contribution in [0.4, 0.5) is 0 Å². The van der Waals surface area contributed by atoms with Crippen molar-refractivity contribution in [1.82, 2.24) is 19.3 Å². The summed E-state index contributed by atoms with van der Waals surface area (Å²) in [6.45, 7) is 0.529. The molecule has 0 saturated heterocycles. The standard InChI is InChI=1S/C18H19ClN4O3/c1-22-15(12-6-2-3-7-13(12)19)11-23-10-14(21-16(23)18(22)26)17(25)20-8-4-5-9-24/h2-3,6-7,10-11,24H,4-5,8-9H2,1H3,(H,20,25). The number of amides is 1. The van der Waals surface area contributed by atoms with Crippen molar-refractivity contribution in [3.63, 3.8) is 0 Å². The second-order valence-corrected chi connectivity index (χ2v) is 6.31. The van der Waals surface area contributed by atoms with Crippen molar-refractivity contribution in [2.24, 2.45) is 7.05 Å². The van der Waals surface area contributed by atoms with Gasteiger partial charge in [-0.2, -0.15) is 0 Å². The highest BCUT2D eigenvalue weighted by molar-refractivity contribution is 6.33. The molecule has 1 amide bonds. The Balaban J connectivity index is 1.98. The quantitative estimate of drug-likeness (QED) is 0.644. The fourth-order valence-corrected chi connectivity index (χ4v) is 2.92. The fraction of sp³-hybridized carbons (Fsp3) is 0.278. The molecule has 3 rings (SSSR count). The molecular formula is C18H19ClN4O3. The van der Waals surface area contributed by atoms with Gasteiger partial charge >= 0.3 is 0 Å². The number of fused-ring (bicyclic) bond motifs is 1. The largest absolute Gasteiger partial charge is 0.396 e. The fourth-order valence-electron chi connectivity index (χ4n) is 2.69. The summed E-state index contributed by atoms with van der Waals surface area (Å²) in [4.78, 5) is 29.0. The highest BCUT2D eigenvalue weighted by atomic mass is 35.5. The van der Waals surface area contributed by atoms with E-state index in [-0.39, 0.29) is 29.4 Å². The average molecular weight is 375 g/mol. The van der Waals surface area contributed by atoms with Gasteiger partial charge < -0.3 is 15.0 Å². The Labute approximate surface area is 154 Å². The molecule has 0 atom stereocenters. The molecule has 136 valence electrons. The van der Waals surface area contributed by atoms with Crippen molar-refractivity contribution in [2.75, 3.05) is 13.2 Å². The number of aliphatic hydroxyl groups excluding tert-OH is 1. The van der Waals surface area contributed by atoms with Crippen molar-refractivity contribution >= 4 is 23.2 Å². The van der Waals surface area contributed by atoms with E-state index in [9.17, 15) is 9.59 Å². The zero-order valence-electron chi connectivity index (χ0n) is 14.3. The Kier molecular flexibility index (Phi) is 5.39. The summed E-state index contributed by atoms with van der Waals surface area (Å²) >= 11 is 6.25. The predicted octanol–water partition coefficient (Wildman–Crippen LogP) is 1.86. The molecule has 3 aromatic rings. The first-order valence-corrected chi connectivity index (χ1v) is 8.63. The van der Waals surface area contributed by atoms with E-state index >= 15 is 0 Å². The highest BCUT2D eigenvalue weighted by Gasteiger charge is 2.16. The van der Waals surface area contributed by atoms with Gasteiger partial charge in [0.05, 0.1) is 5.69 Å². The molecule has 0 spiro atoms. The molecule has 0 radical (unpaired) electrons. The number of halogens is 1.